The second-order valence-corrected chi connectivity index (χ2v) is 9.71. The number of nitrogens with one attached hydrogen (secondary N) is 1. The molecule has 1 fully saturated rings. The van der Waals surface area contributed by atoms with Crippen LogP contribution in [-0.2, 0) is 12.6 Å². The zero-order chi connectivity index (χ0) is 28.4. The van der Waals surface area contributed by atoms with Crippen molar-refractivity contribution in [3.8, 4) is 0 Å². The van der Waals surface area contributed by atoms with Crippen LogP contribution in [0.5, 0.6) is 0 Å². The lowest BCUT2D eigenvalue weighted by molar-refractivity contribution is -0.148. The van der Waals surface area contributed by atoms with Crippen molar-refractivity contribution in [2.45, 2.75) is 25.7 Å². The molecular weight excluding hydrogens is 550 g/mol. The Balaban J connectivity index is 1.37. The maximum absolute atomic E-state index is 13.0. The van der Waals surface area contributed by atoms with Crippen LogP contribution in [0.2, 0.25) is 0 Å². The molecule has 2 aromatic heterocycles. The Morgan fingerprint density at radius 1 is 0.974 bits per heavy atom. The lowest BCUT2D eigenvalue weighted by Crippen LogP contribution is -2.50. The van der Waals surface area contributed by atoms with Crippen LogP contribution in [0.4, 0.5) is 32.0 Å². The number of carbonyl (C=O) groups excluding carboxylic acids is 2. The van der Waals surface area contributed by atoms with E-state index in [1.165, 1.54) is 34.1 Å². The molecule has 4 rings (SSSR count). The van der Waals surface area contributed by atoms with Gasteiger partial charge in [-0.15, -0.1) is 0 Å². The predicted octanol–water partition coefficient (Wildman–Crippen LogP) is 4.42. The van der Waals surface area contributed by atoms with Crippen molar-refractivity contribution >= 4 is 29.0 Å². The van der Waals surface area contributed by atoms with Gasteiger partial charge in [0, 0.05) is 54.9 Å². The Hall–Kier alpha value is -3.59. The molecule has 3 aromatic rings. The highest BCUT2D eigenvalue weighted by atomic mass is 32.1. The number of halogens is 6. The van der Waals surface area contributed by atoms with E-state index in [9.17, 15) is 35.9 Å². The van der Waals surface area contributed by atoms with Crippen LogP contribution in [-0.4, -0.2) is 74.9 Å². The lowest BCUT2D eigenvalue weighted by atomic mass is 10.1. The van der Waals surface area contributed by atoms with Crippen molar-refractivity contribution in [2.75, 3.05) is 38.0 Å². The van der Waals surface area contributed by atoms with Gasteiger partial charge in [-0.05, 0) is 42.7 Å². The van der Waals surface area contributed by atoms with Crippen LogP contribution in [0.25, 0.3) is 0 Å². The third-order valence-electron chi connectivity index (χ3n) is 5.95. The number of amides is 2. The molecule has 1 N–H and O–H groups in total. The topological polar surface area (TPSA) is 91.3 Å². The number of aryl methyl sites for hydroxylation is 1. The molecular formula is C24H22F6N6O2S. The first-order chi connectivity index (χ1) is 18.3. The standard InChI is InChI=1S/C24H22F6N6O2S/c1-14-20(18(39-34-14)10-17-11-32-19(12-31-17)24(28,29)30)21(37)33-16-4-2-15(3-5-16)22(38)36-8-6-35(7-9-36)13-23(25,26)27/h2-5,11-12H,6-10,13H2,1H3,(H,33,37). The highest BCUT2D eigenvalue weighted by Gasteiger charge is 2.34. The van der Waals surface area contributed by atoms with Gasteiger partial charge in [0.25, 0.3) is 11.8 Å². The van der Waals surface area contributed by atoms with Crippen LogP contribution in [0.3, 0.4) is 0 Å². The number of aromatic nitrogens is 3. The van der Waals surface area contributed by atoms with E-state index in [2.05, 4.69) is 19.7 Å². The fourth-order valence-electron chi connectivity index (χ4n) is 4.02. The molecule has 1 saturated heterocycles. The fraction of sp³-hybridized carbons (Fsp3) is 0.375. The maximum atomic E-state index is 13.0. The largest absolute Gasteiger partial charge is 0.434 e. The Kier molecular flexibility index (Phi) is 8.20. The van der Waals surface area contributed by atoms with Gasteiger partial charge in [0.1, 0.15) is 0 Å². The van der Waals surface area contributed by atoms with E-state index in [1.807, 2.05) is 0 Å². The van der Waals surface area contributed by atoms with Crippen molar-refractivity contribution in [2.24, 2.45) is 0 Å². The number of alkyl halides is 6. The number of rotatable bonds is 6. The van der Waals surface area contributed by atoms with Gasteiger partial charge in [0.15, 0.2) is 5.69 Å². The molecule has 0 spiro atoms. The summed E-state index contributed by atoms with van der Waals surface area (Å²) in [6.07, 6.45) is -7.20. The molecule has 0 unspecified atom stereocenters. The Morgan fingerprint density at radius 3 is 2.21 bits per heavy atom. The SMILES string of the molecule is Cc1nsc(Cc2cnc(C(F)(F)F)cn2)c1C(=O)Nc1ccc(C(=O)N2CCN(CC(F)(F)F)CC2)cc1. The summed E-state index contributed by atoms with van der Waals surface area (Å²) in [5.41, 5.74) is 0.533. The van der Waals surface area contributed by atoms with Gasteiger partial charge >= 0.3 is 12.4 Å². The lowest BCUT2D eigenvalue weighted by Gasteiger charge is -2.35. The van der Waals surface area contributed by atoms with Gasteiger partial charge in [-0.3, -0.25) is 19.5 Å². The van der Waals surface area contributed by atoms with Crippen LogP contribution in [0, 0.1) is 6.92 Å². The summed E-state index contributed by atoms with van der Waals surface area (Å²) in [5, 5.41) is 2.72. The van der Waals surface area contributed by atoms with E-state index in [1.54, 1.807) is 6.92 Å². The smallest absolute Gasteiger partial charge is 0.336 e. The molecule has 3 heterocycles. The Bertz CT molecular complexity index is 1320. The number of carbonyl (C=O) groups is 2. The molecule has 0 aliphatic carbocycles. The molecule has 0 atom stereocenters. The molecule has 1 aromatic carbocycles. The van der Waals surface area contributed by atoms with Gasteiger partial charge in [0.2, 0.25) is 0 Å². The molecule has 0 bridgehead atoms. The summed E-state index contributed by atoms with van der Waals surface area (Å²) in [7, 11) is 0. The predicted molar refractivity (Wildman–Crippen MR) is 129 cm³/mol. The van der Waals surface area contributed by atoms with Crippen LogP contribution >= 0.6 is 11.5 Å². The minimum absolute atomic E-state index is 0.0586. The van der Waals surface area contributed by atoms with Crippen molar-refractivity contribution in [1.82, 2.24) is 24.1 Å². The number of hydrogen-bond donors (Lipinski definition) is 1. The first-order valence-electron chi connectivity index (χ1n) is 11.6. The Labute approximate surface area is 222 Å². The highest BCUT2D eigenvalue weighted by molar-refractivity contribution is 7.06. The van der Waals surface area contributed by atoms with Crippen molar-refractivity contribution in [1.29, 1.82) is 0 Å². The fourth-order valence-corrected chi connectivity index (χ4v) is 4.90. The molecule has 0 saturated carbocycles. The molecule has 208 valence electrons. The molecule has 1 aliphatic heterocycles. The number of anilines is 1. The Morgan fingerprint density at radius 2 is 1.64 bits per heavy atom. The second-order valence-electron chi connectivity index (χ2n) is 8.85. The average molecular weight is 573 g/mol. The van der Waals surface area contributed by atoms with E-state index >= 15 is 0 Å². The first kappa shape index (κ1) is 28.4. The molecule has 15 heteroatoms. The second kappa shape index (κ2) is 11.3. The first-order valence-corrected chi connectivity index (χ1v) is 12.4. The summed E-state index contributed by atoms with van der Waals surface area (Å²) >= 11 is 1.03. The summed E-state index contributed by atoms with van der Waals surface area (Å²) in [6, 6.07) is 6.08. The van der Waals surface area contributed by atoms with E-state index in [0.29, 0.717) is 28.0 Å². The molecule has 0 radical (unpaired) electrons. The van der Waals surface area contributed by atoms with Crippen LogP contribution in [0.15, 0.2) is 36.7 Å². The highest BCUT2D eigenvalue weighted by Crippen LogP contribution is 2.28. The summed E-state index contributed by atoms with van der Waals surface area (Å²) in [4.78, 5) is 36.2. The maximum Gasteiger partial charge on any atom is 0.434 e. The van der Waals surface area contributed by atoms with E-state index in [4.69, 9.17) is 0 Å². The van der Waals surface area contributed by atoms with Crippen LogP contribution in [0.1, 0.15) is 42.7 Å². The summed E-state index contributed by atoms with van der Waals surface area (Å²) in [5.74, 6) is -0.812. The van der Waals surface area contributed by atoms with E-state index in [0.717, 1.165) is 17.7 Å². The normalized spacial score (nSPS) is 14.9. The third kappa shape index (κ3) is 7.29. The van der Waals surface area contributed by atoms with Gasteiger partial charge in [-0.1, -0.05) is 0 Å². The van der Waals surface area contributed by atoms with Gasteiger partial charge in [0.05, 0.1) is 29.7 Å². The molecule has 2 amide bonds. The van der Waals surface area contributed by atoms with Gasteiger partial charge < -0.3 is 10.2 Å². The van der Waals surface area contributed by atoms with E-state index in [-0.39, 0.29) is 49.8 Å². The zero-order valence-corrected chi connectivity index (χ0v) is 21.3. The van der Waals surface area contributed by atoms with E-state index < -0.39 is 30.5 Å². The van der Waals surface area contributed by atoms with Gasteiger partial charge in [-0.2, -0.15) is 30.7 Å². The number of hydrogen-bond acceptors (Lipinski definition) is 7. The van der Waals surface area contributed by atoms with Gasteiger partial charge in [-0.25, -0.2) is 4.98 Å². The minimum Gasteiger partial charge on any atom is -0.336 e. The number of piperazine rings is 1. The van der Waals surface area contributed by atoms with Crippen molar-refractivity contribution in [3.05, 3.63) is 69.7 Å². The van der Waals surface area contributed by atoms with Crippen molar-refractivity contribution in [3.63, 3.8) is 0 Å². The minimum atomic E-state index is -4.61. The van der Waals surface area contributed by atoms with Crippen molar-refractivity contribution < 1.29 is 35.9 Å². The number of nitrogens with zero attached hydrogens (tertiary/aromatic N) is 5. The summed E-state index contributed by atoms with van der Waals surface area (Å²) < 4.78 is 80.1. The average Bonchev–Trinajstić information content (AvgIpc) is 3.23. The molecule has 8 nitrogen and oxygen atoms in total. The summed E-state index contributed by atoms with van der Waals surface area (Å²) in [6.45, 7) is 1.20. The molecule has 1 aliphatic rings. The number of benzene rings is 1. The quantitative estimate of drug-likeness (QED) is 0.440. The van der Waals surface area contributed by atoms with Crippen LogP contribution < -0.4 is 5.32 Å². The zero-order valence-electron chi connectivity index (χ0n) is 20.4. The third-order valence-corrected chi connectivity index (χ3v) is 6.88. The molecule has 39 heavy (non-hydrogen) atoms. The monoisotopic (exact) mass is 572 g/mol.